The van der Waals surface area contributed by atoms with E-state index in [4.69, 9.17) is 17.4 Å². The van der Waals surface area contributed by atoms with E-state index < -0.39 is 0 Å². The van der Waals surface area contributed by atoms with Crippen LogP contribution in [0.1, 0.15) is 32.4 Å². The lowest BCUT2D eigenvalue weighted by Gasteiger charge is -2.37. The van der Waals surface area contributed by atoms with Gasteiger partial charge in [0, 0.05) is 12.6 Å². The predicted molar refractivity (Wildman–Crippen MR) is 75.3 cm³/mol. The highest BCUT2D eigenvalue weighted by Crippen LogP contribution is 2.26. The molecule has 0 saturated carbocycles. The van der Waals surface area contributed by atoms with Crippen molar-refractivity contribution in [3.05, 3.63) is 22.8 Å². The minimum atomic E-state index is 0.575. The molecule has 100 valence electrons. The quantitative estimate of drug-likeness (QED) is 0.654. The number of likely N-dealkylation sites (tertiary alicyclic amines) is 1. The van der Waals surface area contributed by atoms with Crippen LogP contribution in [0.2, 0.25) is 5.02 Å². The van der Waals surface area contributed by atoms with Crippen molar-refractivity contribution in [2.75, 3.05) is 12.0 Å². The molecule has 0 spiro atoms. The molecule has 1 saturated heterocycles. The van der Waals surface area contributed by atoms with Gasteiger partial charge < -0.3 is 5.43 Å². The zero-order valence-electron chi connectivity index (χ0n) is 11.0. The second kappa shape index (κ2) is 5.87. The van der Waals surface area contributed by atoms with Crippen molar-refractivity contribution in [2.24, 2.45) is 11.8 Å². The fraction of sp³-hybridized carbons (Fsp3) is 0.615. The van der Waals surface area contributed by atoms with Crippen LogP contribution in [0.15, 0.2) is 12.1 Å². The summed E-state index contributed by atoms with van der Waals surface area (Å²) in [6.07, 6.45) is 2.56. The van der Waals surface area contributed by atoms with Gasteiger partial charge in [-0.05, 0) is 44.4 Å². The minimum absolute atomic E-state index is 0.575. The number of nitrogens with one attached hydrogen (secondary N) is 1. The number of anilines is 1. The van der Waals surface area contributed by atoms with Gasteiger partial charge >= 0.3 is 0 Å². The zero-order valence-corrected chi connectivity index (χ0v) is 11.7. The van der Waals surface area contributed by atoms with Crippen molar-refractivity contribution in [3.63, 3.8) is 0 Å². The fourth-order valence-electron chi connectivity index (χ4n) is 2.51. The SMILES string of the molecule is CC1CCCN(Cc2nc(NN)ccc2Cl)C1C. The number of hydrazine groups is 1. The molecule has 1 aromatic rings. The Morgan fingerprint density at radius 1 is 1.50 bits per heavy atom. The summed E-state index contributed by atoms with van der Waals surface area (Å²) in [7, 11) is 0. The number of pyridine rings is 1. The molecule has 2 atom stereocenters. The van der Waals surface area contributed by atoms with Crippen LogP contribution in [-0.2, 0) is 6.54 Å². The van der Waals surface area contributed by atoms with E-state index in [0.717, 1.165) is 24.7 Å². The first-order chi connectivity index (χ1) is 8.61. The zero-order chi connectivity index (χ0) is 13.1. The van der Waals surface area contributed by atoms with Crippen molar-refractivity contribution < 1.29 is 0 Å². The van der Waals surface area contributed by atoms with Gasteiger partial charge in [-0.3, -0.25) is 4.90 Å². The predicted octanol–water partition coefficient (Wildman–Crippen LogP) is 2.64. The summed E-state index contributed by atoms with van der Waals surface area (Å²) in [5, 5.41) is 0.708. The second-order valence-corrected chi connectivity index (χ2v) is 5.51. The average molecular weight is 269 g/mol. The Balaban J connectivity index is 2.12. The van der Waals surface area contributed by atoms with E-state index in [2.05, 4.69) is 29.2 Å². The van der Waals surface area contributed by atoms with Crippen LogP contribution in [0, 0.1) is 5.92 Å². The average Bonchev–Trinajstić information content (AvgIpc) is 2.37. The number of piperidine rings is 1. The first-order valence-corrected chi connectivity index (χ1v) is 6.85. The number of nitrogens with two attached hydrogens (primary N) is 1. The molecule has 0 aromatic carbocycles. The molecule has 2 rings (SSSR count). The van der Waals surface area contributed by atoms with Gasteiger partial charge in [-0.15, -0.1) is 0 Å². The molecule has 2 heterocycles. The number of nitrogen functional groups attached to an aromatic ring is 1. The normalized spacial score (nSPS) is 25.1. The first-order valence-electron chi connectivity index (χ1n) is 6.48. The molecule has 0 aliphatic carbocycles. The van der Waals surface area contributed by atoms with E-state index in [-0.39, 0.29) is 0 Å². The molecule has 1 aliphatic rings. The molecular formula is C13H21ClN4. The summed E-state index contributed by atoms with van der Waals surface area (Å²) in [4.78, 5) is 6.88. The standard InChI is InChI=1S/C13H21ClN4/c1-9-4-3-7-18(10(9)2)8-12-11(14)5-6-13(16-12)17-15/h5-6,9-10H,3-4,7-8,15H2,1-2H3,(H,16,17). The van der Waals surface area contributed by atoms with Crippen LogP contribution in [0.4, 0.5) is 5.82 Å². The molecule has 2 unspecified atom stereocenters. The minimum Gasteiger partial charge on any atom is -0.308 e. The summed E-state index contributed by atoms with van der Waals surface area (Å²) in [6.45, 7) is 6.50. The lowest BCUT2D eigenvalue weighted by atomic mass is 9.92. The Hall–Kier alpha value is -0.840. The summed E-state index contributed by atoms with van der Waals surface area (Å²) in [6, 6.07) is 4.21. The molecule has 1 aromatic heterocycles. The van der Waals surface area contributed by atoms with E-state index in [0.29, 0.717) is 16.9 Å². The van der Waals surface area contributed by atoms with Gasteiger partial charge in [0.1, 0.15) is 5.82 Å². The van der Waals surface area contributed by atoms with Crippen molar-refractivity contribution in [1.29, 1.82) is 0 Å². The van der Waals surface area contributed by atoms with Crippen LogP contribution in [0.5, 0.6) is 0 Å². The number of hydrogen-bond acceptors (Lipinski definition) is 4. The van der Waals surface area contributed by atoms with Crippen molar-refractivity contribution >= 4 is 17.4 Å². The fourth-order valence-corrected chi connectivity index (χ4v) is 2.68. The number of rotatable bonds is 3. The lowest BCUT2D eigenvalue weighted by molar-refractivity contribution is 0.105. The van der Waals surface area contributed by atoms with E-state index in [9.17, 15) is 0 Å². The molecule has 1 aliphatic heterocycles. The maximum absolute atomic E-state index is 6.20. The van der Waals surface area contributed by atoms with Crippen molar-refractivity contribution in [3.8, 4) is 0 Å². The van der Waals surface area contributed by atoms with Gasteiger partial charge in [0.2, 0.25) is 0 Å². The van der Waals surface area contributed by atoms with Crippen LogP contribution >= 0.6 is 11.6 Å². The first kappa shape index (κ1) is 13.6. The summed E-state index contributed by atoms with van der Waals surface area (Å²) in [5.74, 6) is 6.77. The highest BCUT2D eigenvalue weighted by molar-refractivity contribution is 6.31. The third-order valence-electron chi connectivity index (χ3n) is 3.92. The van der Waals surface area contributed by atoms with E-state index in [1.54, 1.807) is 6.07 Å². The van der Waals surface area contributed by atoms with E-state index in [1.165, 1.54) is 12.8 Å². The maximum atomic E-state index is 6.20. The summed E-state index contributed by atoms with van der Waals surface area (Å²) >= 11 is 6.20. The van der Waals surface area contributed by atoms with Crippen LogP contribution < -0.4 is 11.3 Å². The van der Waals surface area contributed by atoms with Gasteiger partial charge in [-0.2, -0.15) is 0 Å². The molecule has 4 nitrogen and oxygen atoms in total. The Kier molecular flexibility index (Phi) is 4.43. The van der Waals surface area contributed by atoms with Gasteiger partial charge in [0.05, 0.1) is 10.7 Å². The third-order valence-corrected chi connectivity index (χ3v) is 4.27. The smallest absolute Gasteiger partial charge is 0.140 e. The largest absolute Gasteiger partial charge is 0.308 e. The molecule has 5 heteroatoms. The monoisotopic (exact) mass is 268 g/mol. The number of hydrogen-bond donors (Lipinski definition) is 2. The lowest BCUT2D eigenvalue weighted by Crippen LogP contribution is -2.41. The molecule has 0 radical (unpaired) electrons. The summed E-state index contributed by atoms with van der Waals surface area (Å²) < 4.78 is 0. The molecule has 1 fully saturated rings. The van der Waals surface area contributed by atoms with Gasteiger partial charge in [-0.25, -0.2) is 10.8 Å². The Morgan fingerprint density at radius 2 is 2.28 bits per heavy atom. The highest BCUT2D eigenvalue weighted by atomic mass is 35.5. The van der Waals surface area contributed by atoms with E-state index >= 15 is 0 Å². The third kappa shape index (κ3) is 2.94. The van der Waals surface area contributed by atoms with Crippen molar-refractivity contribution in [1.82, 2.24) is 9.88 Å². The van der Waals surface area contributed by atoms with Gasteiger partial charge in [-0.1, -0.05) is 18.5 Å². The molecule has 0 amide bonds. The topological polar surface area (TPSA) is 54.2 Å². The van der Waals surface area contributed by atoms with Gasteiger partial charge in [0.15, 0.2) is 0 Å². The number of aromatic nitrogens is 1. The number of nitrogens with zero attached hydrogens (tertiary/aromatic N) is 2. The van der Waals surface area contributed by atoms with Gasteiger partial charge in [0.25, 0.3) is 0 Å². The number of halogens is 1. The molecule has 0 bridgehead atoms. The van der Waals surface area contributed by atoms with E-state index in [1.807, 2.05) is 6.07 Å². The molecule has 18 heavy (non-hydrogen) atoms. The van der Waals surface area contributed by atoms with Crippen LogP contribution in [-0.4, -0.2) is 22.5 Å². The van der Waals surface area contributed by atoms with Crippen LogP contribution in [0.3, 0.4) is 0 Å². The summed E-state index contributed by atoms with van der Waals surface area (Å²) in [5.41, 5.74) is 3.46. The maximum Gasteiger partial charge on any atom is 0.140 e. The Bertz CT molecular complexity index is 410. The van der Waals surface area contributed by atoms with Crippen molar-refractivity contribution in [2.45, 2.75) is 39.3 Å². The highest BCUT2D eigenvalue weighted by Gasteiger charge is 2.25. The van der Waals surface area contributed by atoms with Crippen LogP contribution in [0.25, 0.3) is 0 Å². The molecular weight excluding hydrogens is 248 g/mol. The Morgan fingerprint density at radius 3 is 3.00 bits per heavy atom. The Labute approximate surface area is 113 Å². The second-order valence-electron chi connectivity index (χ2n) is 5.10. The molecule has 3 N–H and O–H groups in total.